The Kier molecular flexibility index (Phi) is 9.37. The number of rotatable bonds is 5. The molecule has 0 saturated heterocycles. The molecule has 0 bridgehead atoms. The average molecular weight is 410 g/mol. The quantitative estimate of drug-likeness (QED) is 0.446. The SMILES string of the molecule is CN=C(NCCc1sc(C)nc1C)NC(C)C(C)C.I. The Balaban J connectivity index is 0.00000361. The molecule has 1 aromatic heterocycles. The molecule has 1 unspecified atom stereocenters. The summed E-state index contributed by atoms with van der Waals surface area (Å²) in [4.78, 5) is 10.1. The highest BCUT2D eigenvalue weighted by Crippen LogP contribution is 2.16. The van der Waals surface area contributed by atoms with E-state index >= 15 is 0 Å². The van der Waals surface area contributed by atoms with Crippen molar-refractivity contribution in [2.45, 2.75) is 47.1 Å². The molecule has 0 aromatic carbocycles. The smallest absolute Gasteiger partial charge is 0.191 e. The maximum absolute atomic E-state index is 4.45. The number of guanidine groups is 1. The Morgan fingerprint density at radius 2 is 1.95 bits per heavy atom. The zero-order valence-corrected chi connectivity index (χ0v) is 16.4. The predicted molar refractivity (Wildman–Crippen MR) is 99.5 cm³/mol. The normalized spacial score (nSPS) is 13.1. The van der Waals surface area contributed by atoms with Crippen molar-refractivity contribution < 1.29 is 0 Å². The molecule has 0 aliphatic rings. The van der Waals surface area contributed by atoms with Gasteiger partial charge in [-0.25, -0.2) is 4.98 Å². The highest BCUT2D eigenvalue weighted by Gasteiger charge is 2.09. The molecule has 1 aromatic rings. The second kappa shape index (κ2) is 9.55. The van der Waals surface area contributed by atoms with Gasteiger partial charge in [0.2, 0.25) is 0 Å². The van der Waals surface area contributed by atoms with Gasteiger partial charge in [0, 0.05) is 30.9 Å². The van der Waals surface area contributed by atoms with Crippen LogP contribution in [0.15, 0.2) is 4.99 Å². The molecule has 1 rings (SSSR count). The van der Waals surface area contributed by atoms with E-state index in [0.29, 0.717) is 12.0 Å². The van der Waals surface area contributed by atoms with Gasteiger partial charge >= 0.3 is 0 Å². The van der Waals surface area contributed by atoms with E-state index < -0.39 is 0 Å². The van der Waals surface area contributed by atoms with E-state index in [4.69, 9.17) is 0 Å². The number of hydrogen-bond donors (Lipinski definition) is 2. The molecule has 116 valence electrons. The molecule has 0 saturated carbocycles. The maximum Gasteiger partial charge on any atom is 0.191 e. The minimum absolute atomic E-state index is 0. The van der Waals surface area contributed by atoms with Gasteiger partial charge in [0.1, 0.15) is 0 Å². The summed E-state index contributed by atoms with van der Waals surface area (Å²) in [5.74, 6) is 1.46. The highest BCUT2D eigenvalue weighted by atomic mass is 127. The summed E-state index contributed by atoms with van der Waals surface area (Å²) >= 11 is 1.78. The van der Waals surface area contributed by atoms with E-state index in [9.17, 15) is 0 Å². The lowest BCUT2D eigenvalue weighted by Gasteiger charge is -2.20. The van der Waals surface area contributed by atoms with Crippen molar-refractivity contribution in [3.63, 3.8) is 0 Å². The minimum atomic E-state index is 0. The molecule has 0 fully saturated rings. The van der Waals surface area contributed by atoms with Crippen LogP contribution in [0.4, 0.5) is 0 Å². The first-order valence-electron chi connectivity index (χ1n) is 6.84. The van der Waals surface area contributed by atoms with Crippen LogP contribution in [-0.4, -0.2) is 30.6 Å². The number of thiazole rings is 1. The van der Waals surface area contributed by atoms with Gasteiger partial charge in [-0.15, -0.1) is 35.3 Å². The Bertz CT molecular complexity index is 429. The number of hydrogen-bond acceptors (Lipinski definition) is 3. The third-order valence-electron chi connectivity index (χ3n) is 3.23. The lowest BCUT2D eigenvalue weighted by Crippen LogP contribution is -2.44. The average Bonchev–Trinajstić information content (AvgIpc) is 2.66. The first-order chi connectivity index (χ1) is 8.93. The van der Waals surface area contributed by atoms with E-state index in [0.717, 1.165) is 29.6 Å². The number of aliphatic imine (C=N–C) groups is 1. The summed E-state index contributed by atoms with van der Waals surface area (Å²) < 4.78 is 0. The lowest BCUT2D eigenvalue weighted by atomic mass is 10.1. The van der Waals surface area contributed by atoms with Gasteiger partial charge in [-0.3, -0.25) is 4.99 Å². The Morgan fingerprint density at radius 3 is 2.40 bits per heavy atom. The lowest BCUT2D eigenvalue weighted by molar-refractivity contribution is 0.481. The Labute approximate surface area is 143 Å². The van der Waals surface area contributed by atoms with Crippen molar-refractivity contribution in [3.05, 3.63) is 15.6 Å². The number of nitrogens with one attached hydrogen (secondary N) is 2. The summed E-state index contributed by atoms with van der Waals surface area (Å²) in [7, 11) is 1.81. The van der Waals surface area contributed by atoms with Crippen LogP contribution >= 0.6 is 35.3 Å². The number of halogens is 1. The first kappa shape index (κ1) is 19.6. The molecule has 1 atom stereocenters. The van der Waals surface area contributed by atoms with Crippen LogP contribution in [0.1, 0.15) is 36.3 Å². The van der Waals surface area contributed by atoms with Crippen molar-refractivity contribution in [2.24, 2.45) is 10.9 Å². The van der Waals surface area contributed by atoms with Crippen molar-refractivity contribution in [1.29, 1.82) is 0 Å². The zero-order chi connectivity index (χ0) is 14.4. The molecular formula is C14H27IN4S. The minimum Gasteiger partial charge on any atom is -0.356 e. The van der Waals surface area contributed by atoms with Gasteiger partial charge < -0.3 is 10.6 Å². The Hall–Kier alpha value is -0.370. The van der Waals surface area contributed by atoms with Crippen LogP contribution in [-0.2, 0) is 6.42 Å². The number of aryl methyl sites for hydroxylation is 2. The fourth-order valence-electron chi connectivity index (χ4n) is 1.68. The standard InChI is InChI=1S/C14H26N4S.HI/c1-9(2)10(3)18-14(15-6)16-8-7-13-11(4)17-12(5)19-13;/h9-10H,7-8H2,1-6H3,(H2,15,16,18);1H. The van der Waals surface area contributed by atoms with E-state index in [1.165, 1.54) is 4.88 Å². The number of nitrogens with zero attached hydrogens (tertiary/aromatic N) is 2. The highest BCUT2D eigenvalue weighted by molar-refractivity contribution is 14.0. The van der Waals surface area contributed by atoms with Gasteiger partial charge in [-0.1, -0.05) is 13.8 Å². The van der Waals surface area contributed by atoms with Crippen LogP contribution < -0.4 is 10.6 Å². The molecule has 1 heterocycles. The van der Waals surface area contributed by atoms with Crippen LogP contribution in [0.25, 0.3) is 0 Å². The second-order valence-corrected chi connectivity index (χ2v) is 6.46. The molecule has 0 radical (unpaired) electrons. The van der Waals surface area contributed by atoms with Crippen LogP contribution in [0, 0.1) is 19.8 Å². The van der Waals surface area contributed by atoms with E-state index in [2.05, 4.69) is 55.2 Å². The largest absolute Gasteiger partial charge is 0.356 e. The van der Waals surface area contributed by atoms with E-state index in [1.807, 2.05) is 7.05 Å². The van der Waals surface area contributed by atoms with Crippen LogP contribution in [0.5, 0.6) is 0 Å². The van der Waals surface area contributed by atoms with Gasteiger partial charge in [0.05, 0.1) is 10.7 Å². The molecular weight excluding hydrogens is 383 g/mol. The van der Waals surface area contributed by atoms with Crippen molar-refractivity contribution in [1.82, 2.24) is 15.6 Å². The van der Waals surface area contributed by atoms with Crippen molar-refractivity contribution in [3.8, 4) is 0 Å². The fraction of sp³-hybridized carbons (Fsp3) is 0.714. The topological polar surface area (TPSA) is 49.3 Å². The van der Waals surface area contributed by atoms with Gasteiger partial charge in [0.15, 0.2) is 5.96 Å². The van der Waals surface area contributed by atoms with E-state index in [-0.39, 0.29) is 24.0 Å². The molecule has 0 spiro atoms. The van der Waals surface area contributed by atoms with Gasteiger partial charge in [-0.05, 0) is 26.7 Å². The molecule has 6 heteroatoms. The zero-order valence-electron chi connectivity index (χ0n) is 13.3. The molecule has 20 heavy (non-hydrogen) atoms. The summed E-state index contributed by atoms with van der Waals surface area (Å²) in [6.45, 7) is 11.6. The maximum atomic E-state index is 4.45. The predicted octanol–water partition coefficient (Wildman–Crippen LogP) is 3.13. The van der Waals surface area contributed by atoms with Gasteiger partial charge in [0.25, 0.3) is 0 Å². The van der Waals surface area contributed by atoms with Crippen molar-refractivity contribution in [2.75, 3.05) is 13.6 Å². The number of aromatic nitrogens is 1. The first-order valence-corrected chi connectivity index (χ1v) is 7.65. The summed E-state index contributed by atoms with van der Waals surface area (Å²) in [6.07, 6.45) is 0.994. The second-order valence-electron chi connectivity index (χ2n) is 5.17. The van der Waals surface area contributed by atoms with E-state index in [1.54, 1.807) is 11.3 Å². The van der Waals surface area contributed by atoms with Crippen LogP contribution in [0.3, 0.4) is 0 Å². The summed E-state index contributed by atoms with van der Waals surface area (Å²) in [5.41, 5.74) is 1.16. The molecule has 2 N–H and O–H groups in total. The Morgan fingerprint density at radius 1 is 1.30 bits per heavy atom. The molecule has 0 amide bonds. The molecule has 0 aliphatic heterocycles. The third-order valence-corrected chi connectivity index (χ3v) is 4.36. The summed E-state index contributed by atoms with van der Waals surface area (Å²) in [5, 5.41) is 7.90. The summed E-state index contributed by atoms with van der Waals surface area (Å²) in [6, 6.07) is 0.415. The molecule has 0 aliphatic carbocycles. The van der Waals surface area contributed by atoms with Crippen molar-refractivity contribution >= 4 is 41.3 Å². The fourth-order valence-corrected chi connectivity index (χ4v) is 2.61. The van der Waals surface area contributed by atoms with Gasteiger partial charge in [-0.2, -0.15) is 0 Å². The monoisotopic (exact) mass is 410 g/mol. The van der Waals surface area contributed by atoms with Crippen LogP contribution in [0.2, 0.25) is 0 Å². The molecule has 4 nitrogen and oxygen atoms in total. The third kappa shape index (κ3) is 6.39.